The highest BCUT2D eigenvalue weighted by atomic mass is 35.5. The second kappa shape index (κ2) is 6.11. The van der Waals surface area contributed by atoms with Crippen molar-refractivity contribution in [2.45, 2.75) is 6.54 Å². The lowest BCUT2D eigenvalue weighted by Gasteiger charge is -2.10. The highest BCUT2D eigenvalue weighted by Crippen LogP contribution is 2.26. The van der Waals surface area contributed by atoms with Gasteiger partial charge in [0.05, 0.1) is 10.7 Å². The first-order valence-electron chi connectivity index (χ1n) is 5.74. The Hall–Kier alpha value is -1.78. The number of hydrogen-bond acceptors (Lipinski definition) is 2. The summed E-state index contributed by atoms with van der Waals surface area (Å²) in [6, 6.07) is 9.08. The summed E-state index contributed by atoms with van der Waals surface area (Å²) in [5.41, 5.74) is 6.27. The molecule has 1 amide bonds. The Balaban J connectivity index is 2.13. The zero-order valence-corrected chi connectivity index (χ0v) is 11.8. The predicted octanol–water partition coefficient (Wildman–Crippen LogP) is 3.84. The van der Waals surface area contributed by atoms with E-state index in [2.05, 4.69) is 5.32 Å². The van der Waals surface area contributed by atoms with Gasteiger partial charge in [-0.25, -0.2) is 4.39 Å². The van der Waals surface area contributed by atoms with Crippen LogP contribution in [-0.2, 0) is 6.54 Å². The van der Waals surface area contributed by atoms with Crippen LogP contribution in [0.25, 0.3) is 0 Å². The van der Waals surface area contributed by atoms with Crippen LogP contribution in [0.4, 0.5) is 10.1 Å². The Labute approximate surface area is 125 Å². The minimum absolute atomic E-state index is 0.135. The molecular formula is C14H11Cl2FN2O. The van der Waals surface area contributed by atoms with Crippen LogP contribution in [0.3, 0.4) is 0 Å². The van der Waals surface area contributed by atoms with Crippen molar-refractivity contribution in [2.75, 3.05) is 5.32 Å². The van der Waals surface area contributed by atoms with Crippen molar-refractivity contribution in [3.8, 4) is 0 Å². The van der Waals surface area contributed by atoms with Crippen molar-refractivity contribution in [1.29, 1.82) is 0 Å². The molecule has 3 N–H and O–H groups in total. The van der Waals surface area contributed by atoms with Gasteiger partial charge in [0.25, 0.3) is 0 Å². The Kier molecular flexibility index (Phi) is 4.47. The summed E-state index contributed by atoms with van der Waals surface area (Å²) in [5.74, 6) is -1.16. The summed E-state index contributed by atoms with van der Waals surface area (Å²) in [7, 11) is 0. The number of carbonyl (C=O) groups excluding carboxylic acids is 1. The number of halogens is 3. The van der Waals surface area contributed by atoms with Crippen LogP contribution in [0, 0.1) is 5.82 Å². The van der Waals surface area contributed by atoms with Gasteiger partial charge in [-0.1, -0.05) is 29.3 Å². The minimum Gasteiger partial charge on any atom is -0.380 e. The van der Waals surface area contributed by atoms with E-state index in [0.29, 0.717) is 21.3 Å². The van der Waals surface area contributed by atoms with E-state index in [-0.39, 0.29) is 12.1 Å². The second-order valence-corrected chi connectivity index (χ2v) is 4.99. The molecule has 2 aromatic rings. The monoisotopic (exact) mass is 312 g/mol. The summed E-state index contributed by atoms with van der Waals surface area (Å²) in [6.07, 6.45) is 0. The molecule has 0 atom stereocenters. The summed E-state index contributed by atoms with van der Waals surface area (Å²) >= 11 is 11.8. The van der Waals surface area contributed by atoms with Gasteiger partial charge in [0, 0.05) is 22.7 Å². The molecule has 0 saturated carbocycles. The van der Waals surface area contributed by atoms with E-state index in [1.165, 1.54) is 12.1 Å². The number of carbonyl (C=O) groups is 1. The lowest BCUT2D eigenvalue weighted by atomic mass is 10.1. The van der Waals surface area contributed by atoms with E-state index in [1.807, 2.05) is 0 Å². The first kappa shape index (κ1) is 14.6. The molecule has 2 rings (SSSR count). The average molecular weight is 313 g/mol. The molecule has 0 aliphatic carbocycles. The molecule has 20 heavy (non-hydrogen) atoms. The van der Waals surface area contributed by atoms with E-state index in [4.69, 9.17) is 28.9 Å². The number of primary amides is 1. The van der Waals surface area contributed by atoms with Crippen LogP contribution in [0.5, 0.6) is 0 Å². The molecule has 0 aliphatic rings. The minimum atomic E-state index is -0.663. The van der Waals surface area contributed by atoms with Gasteiger partial charge in [0.1, 0.15) is 5.82 Å². The molecule has 0 unspecified atom stereocenters. The molecule has 0 aromatic heterocycles. The third kappa shape index (κ3) is 3.40. The topological polar surface area (TPSA) is 55.1 Å². The Bertz CT molecular complexity index is 662. The normalized spacial score (nSPS) is 10.3. The van der Waals surface area contributed by atoms with Crippen molar-refractivity contribution in [3.63, 3.8) is 0 Å². The largest absolute Gasteiger partial charge is 0.380 e. The maximum absolute atomic E-state index is 13.8. The summed E-state index contributed by atoms with van der Waals surface area (Å²) in [4.78, 5) is 10.9. The molecule has 2 aromatic carbocycles. The first-order chi connectivity index (χ1) is 9.47. The molecule has 104 valence electrons. The Morgan fingerprint density at radius 2 is 1.95 bits per heavy atom. The molecule has 0 heterocycles. The fraction of sp³-hybridized carbons (Fsp3) is 0.0714. The van der Waals surface area contributed by atoms with Gasteiger partial charge in [-0.3, -0.25) is 4.79 Å². The number of anilines is 1. The molecule has 0 spiro atoms. The number of rotatable bonds is 4. The number of nitrogens with one attached hydrogen (secondary N) is 1. The predicted molar refractivity (Wildman–Crippen MR) is 78.7 cm³/mol. The Morgan fingerprint density at radius 3 is 2.55 bits per heavy atom. The fourth-order valence-electron chi connectivity index (χ4n) is 1.67. The van der Waals surface area contributed by atoms with Gasteiger partial charge in [-0.15, -0.1) is 0 Å². The lowest BCUT2D eigenvalue weighted by molar-refractivity contribution is 0.1000. The van der Waals surface area contributed by atoms with E-state index < -0.39 is 11.7 Å². The van der Waals surface area contributed by atoms with Gasteiger partial charge in [-0.2, -0.15) is 0 Å². The fourth-order valence-corrected chi connectivity index (χ4v) is 2.14. The average Bonchev–Trinajstić information content (AvgIpc) is 2.38. The number of benzene rings is 2. The van der Waals surface area contributed by atoms with Crippen LogP contribution in [0.15, 0.2) is 36.4 Å². The van der Waals surface area contributed by atoms with Crippen LogP contribution in [-0.4, -0.2) is 5.91 Å². The summed E-state index contributed by atoms with van der Waals surface area (Å²) < 4.78 is 13.8. The summed E-state index contributed by atoms with van der Waals surface area (Å²) in [5, 5.41) is 3.98. The SMILES string of the molecule is NC(=O)c1ccc(CNc2ccc(Cl)cc2Cl)c(F)c1. The van der Waals surface area contributed by atoms with E-state index in [9.17, 15) is 9.18 Å². The third-order valence-corrected chi connectivity index (χ3v) is 3.29. The first-order valence-corrected chi connectivity index (χ1v) is 6.50. The van der Waals surface area contributed by atoms with Crippen LogP contribution in [0.2, 0.25) is 10.0 Å². The molecule has 0 saturated heterocycles. The van der Waals surface area contributed by atoms with Crippen molar-refractivity contribution in [2.24, 2.45) is 5.73 Å². The van der Waals surface area contributed by atoms with Crippen LogP contribution >= 0.6 is 23.2 Å². The highest BCUT2D eigenvalue weighted by Gasteiger charge is 2.08. The van der Waals surface area contributed by atoms with Crippen molar-refractivity contribution in [3.05, 3.63) is 63.4 Å². The molecule has 6 heteroatoms. The van der Waals surface area contributed by atoms with Gasteiger partial charge in [0.15, 0.2) is 0 Å². The maximum atomic E-state index is 13.8. The highest BCUT2D eigenvalue weighted by molar-refractivity contribution is 6.36. The second-order valence-electron chi connectivity index (χ2n) is 4.15. The maximum Gasteiger partial charge on any atom is 0.248 e. The smallest absolute Gasteiger partial charge is 0.248 e. The number of nitrogens with two attached hydrogens (primary N) is 1. The Morgan fingerprint density at radius 1 is 1.20 bits per heavy atom. The van der Waals surface area contributed by atoms with Crippen molar-refractivity contribution >= 4 is 34.8 Å². The van der Waals surface area contributed by atoms with Gasteiger partial charge < -0.3 is 11.1 Å². The van der Waals surface area contributed by atoms with Crippen molar-refractivity contribution in [1.82, 2.24) is 0 Å². The standard InChI is InChI=1S/C14H11Cl2FN2O/c15-10-3-4-13(11(16)6-10)19-7-9-2-1-8(14(18)20)5-12(9)17/h1-6,19H,7H2,(H2,18,20). The quantitative estimate of drug-likeness (QED) is 0.901. The molecule has 0 bridgehead atoms. The number of hydrogen-bond donors (Lipinski definition) is 2. The van der Waals surface area contributed by atoms with Gasteiger partial charge in [-0.05, 0) is 30.3 Å². The number of amides is 1. The lowest BCUT2D eigenvalue weighted by Crippen LogP contribution is -2.12. The zero-order valence-electron chi connectivity index (χ0n) is 10.3. The summed E-state index contributed by atoms with van der Waals surface area (Å²) in [6.45, 7) is 0.228. The molecule has 3 nitrogen and oxygen atoms in total. The van der Waals surface area contributed by atoms with Crippen molar-refractivity contribution < 1.29 is 9.18 Å². The van der Waals surface area contributed by atoms with Crippen LogP contribution in [0.1, 0.15) is 15.9 Å². The molecule has 0 aliphatic heterocycles. The van der Waals surface area contributed by atoms with E-state index in [1.54, 1.807) is 18.2 Å². The van der Waals surface area contributed by atoms with Gasteiger partial charge >= 0.3 is 0 Å². The van der Waals surface area contributed by atoms with E-state index >= 15 is 0 Å². The van der Waals surface area contributed by atoms with Crippen LogP contribution < -0.4 is 11.1 Å². The third-order valence-electron chi connectivity index (χ3n) is 2.74. The van der Waals surface area contributed by atoms with E-state index in [0.717, 1.165) is 6.07 Å². The molecule has 0 fully saturated rings. The zero-order chi connectivity index (χ0) is 14.7. The van der Waals surface area contributed by atoms with Gasteiger partial charge in [0.2, 0.25) is 5.91 Å². The molecular weight excluding hydrogens is 302 g/mol. The molecule has 0 radical (unpaired) electrons.